The van der Waals surface area contributed by atoms with Crippen LogP contribution in [0.15, 0.2) is 84.9 Å². The second-order valence-electron chi connectivity index (χ2n) is 18.3. The van der Waals surface area contributed by atoms with Crippen LogP contribution in [0.4, 0.5) is 0 Å². The summed E-state index contributed by atoms with van der Waals surface area (Å²) in [6, 6.07) is 24.6. The average Bonchev–Trinajstić information content (AvgIpc) is 3.96. The molecule has 11 atom stereocenters. The monoisotopic (exact) mass is 890 g/mol. The maximum atomic E-state index is 13.5. The fourth-order valence-corrected chi connectivity index (χ4v) is 9.69. The molecule has 4 saturated heterocycles. The van der Waals surface area contributed by atoms with Gasteiger partial charge in [-0.15, -0.1) is 0 Å². The van der Waals surface area contributed by atoms with Gasteiger partial charge in [0, 0.05) is 11.8 Å². The predicted molar refractivity (Wildman–Crippen MR) is 244 cm³/mol. The predicted octanol–water partition coefficient (Wildman–Crippen LogP) is 5.61. The number of carbonyl (C=O) groups is 6. The lowest BCUT2D eigenvalue weighted by molar-refractivity contribution is -0.179. The number of benzene rings is 3. The van der Waals surface area contributed by atoms with Crippen molar-refractivity contribution in [1.29, 1.82) is 0 Å². The molecule has 4 N–H and O–H groups in total. The first-order chi connectivity index (χ1) is 31.3. The molecule has 0 spiro atoms. The molecular weight excluding hydrogens is 825 g/mol. The third kappa shape index (κ3) is 10.4. The number of hydrogen-bond donors (Lipinski definition) is 4. The van der Waals surface area contributed by atoms with Crippen LogP contribution in [-0.2, 0) is 44.7 Å². The van der Waals surface area contributed by atoms with Crippen molar-refractivity contribution in [3.63, 3.8) is 0 Å². The smallest absolute Gasteiger partial charge is 0.250 e. The molecule has 0 bridgehead atoms. The molecule has 5 aliphatic rings. The standard InChI is InChI=1S/C27H33N3O4.C24H33N3O4/c1-4-17(2)25(31)28-23-18(3)34-22-16-15-21(30(22)27(23)33)26(32)29-24(19-11-7-5-8-12-19)20-13-9-6-10-14-20;1-4-14(2)22(28)26-21-15(3)31-20-13-12-19(27(20)24(21)30)23(29)25-18-11-7-9-16-8-5-6-10-17(16)18/h5-14,17-18,21-24H,4,15-16H2,1-3H3,(H,28,31)(H,29,32);5-6,8,10,14-15,18-21H,4,7,9,11-13H2,1-3H3,(H,25,29)(H,26,28)/t17-,18-,21?,22+,23+;14-,15-,18?,19?,20+,21+/m11/s1. The van der Waals surface area contributed by atoms with E-state index in [0.29, 0.717) is 38.5 Å². The molecule has 4 heterocycles. The van der Waals surface area contributed by atoms with Gasteiger partial charge in [-0.05, 0) is 93.9 Å². The molecular formula is C51H66N6O8. The molecule has 14 heteroatoms. The van der Waals surface area contributed by atoms with Crippen LogP contribution in [0.1, 0.15) is 127 Å². The largest absolute Gasteiger partial charge is 0.353 e. The number of rotatable bonds is 12. The first-order valence-electron chi connectivity index (χ1n) is 23.7. The van der Waals surface area contributed by atoms with E-state index in [-0.39, 0.29) is 59.4 Å². The number of carbonyl (C=O) groups excluding carboxylic acids is 6. The molecule has 3 aromatic carbocycles. The topological polar surface area (TPSA) is 175 Å². The number of hydrogen-bond acceptors (Lipinski definition) is 8. The van der Waals surface area contributed by atoms with Crippen molar-refractivity contribution in [2.45, 2.75) is 160 Å². The minimum absolute atomic E-state index is 0.0304. The van der Waals surface area contributed by atoms with Crippen molar-refractivity contribution < 1.29 is 38.2 Å². The average molecular weight is 891 g/mol. The van der Waals surface area contributed by atoms with Crippen LogP contribution < -0.4 is 21.3 Å². The van der Waals surface area contributed by atoms with E-state index in [4.69, 9.17) is 9.47 Å². The molecule has 4 fully saturated rings. The van der Waals surface area contributed by atoms with E-state index in [1.807, 2.05) is 107 Å². The number of nitrogens with one attached hydrogen (secondary N) is 4. The number of aryl methyl sites for hydroxylation is 1. The SMILES string of the molecule is CC[C@@H](C)C(=O)N[C@@H]1C(=O)N2C(C(=O)NC(c3ccccc3)c3ccccc3)CC[C@@H]2O[C@@H]1C.CC[C@@H](C)C(=O)N[C@@H]1C(=O)N2C(C(=O)NC3CCCc4ccccc43)CC[C@@H]2O[C@@H]1C. The molecule has 0 radical (unpaired) electrons. The summed E-state index contributed by atoms with van der Waals surface area (Å²) in [5.74, 6) is -1.55. The first-order valence-corrected chi connectivity index (χ1v) is 23.7. The summed E-state index contributed by atoms with van der Waals surface area (Å²) in [4.78, 5) is 81.5. The van der Waals surface area contributed by atoms with Crippen LogP contribution in [0.25, 0.3) is 0 Å². The lowest BCUT2D eigenvalue weighted by atomic mass is 9.87. The third-order valence-corrected chi connectivity index (χ3v) is 13.9. The van der Waals surface area contributed by atoms with Crippen molar-refractivity contribution >= 4 is 35.4 Å². The van der Waals surface area contributed by atoms with E-state index in [2.05, 4.69) is 33.4 Å². The quantitative estimate of drug-likeness (QED) is 0.182. The third-order valence-electron chi connectivity index (χ3n) is 13.9. The van der Waals surface area contributed by atoms with Crippen molar-refractivity contribution in [3.05, 3.63) is 107 Å². The Morgan fingerprint density at radius 1 is 0.615 bits per heavy atom. The number of amides is 6. The lowest BCUT2D eigenvalue weighted by Crippen LogP contribution is -2.64. The zero-order chi connectivity index (χ0) is 46.4. The second-order valence-corrected chi connectivity index (χ2v) is 18.3. The van der Waals surface area contributed by atoms with Crippen molar-refractivity contribution in [2.24, 2.45) is 11.8 Å². The van der Waals surface area contributed by atoms with Gasteiger partial charge in [0.1, 0.15) is 36.6 Å². The summed E-state index contributed by atoms with van der Waals surface area (Å²) < 4.78 is 12.1. The van der Waals surface area contributed by atoms with Crippen LogP contribution in [0.2, 0.25) is 0 Å². The Labute approximate surface area is 382 Å². The van der Waals surface area contributed by atoms with E-state index in [9.17, 15) is 28.8 Å². The summed E-state index contributed by atoms with van der Waals surface area (Å²) in [7, 11) is 0. The van der Waals surface area contributed by atoms with Crippen LogP contribution in [0.3, 0.4) is 0 Å². The highest BCUT2D eigenvalue weighted by atomic mass is 16.5. The second kappa shape index (κ2) is 21.1. The first kappa shape index (κ1) is 47.4. The number of fused-ring (bicyclic) bond motifs is 3. The van der Waals surface area contributed by atoms with Crippen LogP contribution >= 0.6 is 0 Å². The molecule has 1 aliphatic carbocycles. The van der Waals surface area contributed by atoms with Gasteiger partial charge >= 0.3 is 0 Å². The van der Waals surface area contributed by atoms with Crippen LogP contribution in [0, 0.1) is 11.8 Å². The Bertz CT molecular complexity index is 2130. The maximum Gasteiger partial charge on any atom is 0.250 e. The van der Waals surface area contributed by atoms with Gasteiger partial charge in [-0.1, -0.05) is 113 Å². The molecule has 0 saturated carbocycles. The fraction of sp³-hybridized carbons (Fsp3) is 0.529. The molecule has 0 aromatic heterocycles. The summed E-state index contributed by atoms with van der Waals surface area (Å²) in [6.45, 7) is 11.1. The zero-order valence-electron chi connectivity index (χ0n) is 38.5. The summed E-state index contributed by atoms with van der Waals surface area (Å²) >= 11 is 0. The summed E-state index contributed by atoms with van der Waals surface area (Å²) in [6.07, 6.45) is 4.88. The van der Waals surface area contributed by atoms with Gasteiger partial charge in [-0.3, -0.25) is 28.8 Å². The molecule has 348 valence electrons. The van der Waals surface area contributed by atoms with Crippen molar-refractivity contribution in [2.75, 3.05) is 0 Å². The highest BCUT2D eigenvalue weighted by molar-refractivity contribution is 5.95. The molecule has 3 unspecified atom stereocenters. The Hall–Kier alpha value is -5.60. The van der Waals surface area contributed by atoms with E-state index in [1.165, 1.54) is 16.0 Å². The Balaban J connectivity index is 0.000000195. The Kier molecular flexibility index (Phi) is 15.4. The van der Waals surface area contributed by atoms with Gasteiger partial charge in [0.2, 0.25) is 23.6 Å². The summed E-state index contributed by atoms with van der Waals surface area (Å²) in [5, 5.41) is 12.0. The Morgan fingerprint density at radius 3 is 1.57 bits per heavy atom. The van der Waals surface area contributed by atoms with Gasteiger partial charge in [0.25, 0.3) is 11.8 Å². The summed E-state index contributed by atoms with van der Waals surface area (Å²) in [5.41, 5.74) is 4.38. The van der Waals surface area contributed by atoms with Crippen molar-refractivity contribution in [1.82, 2.24) is 31.1 Å². The van der Waals surface area contributed by atoms with Gasteiger partial charge in [-0.2, -0.15) is 0 Å². The van der Waals surface area contributed by atoms with Gasteiger partial charge in [-0.25, -0.2) is 0 Å². The van der Waals surface area contributed by atoms with Crippen LogP contribution in [0.5, 0.6) is 0 Å². The van der Waals surface area contributed by atoms with E-state index in [0.717, 1.165) is 30.4 Å². The zero-order valence-corrected chi connectivity index (χ0v) is 38.5. The molecule has 3 aromatic rings. The van der Waals surface area contributed by atoms with Gasteiger partial charge in [0.15, 0.2) is 0 Å². The van der Waals surface area contributed by atoms with E-state index < -0.39 is 48.8 Å². The highest BCUT2D eigenvalue weighted by Crippen LogP contribution is 2.35. The maximum absolute atomic E-state index is 13.5. The minimum Gasteiger partial charge on any atom is -0.353 e. The van der Waals surface area contributed by atoms with Gasteiger partial charge in [0.05, 0.1) is 24.3 Å². The van der Waals surface area contributed by atoms with E-state index in [1.54, 1.807) is 11.8 Å². The fourth-order valence-electron chi connectivity index (χ4n) is 9.69. The minimum atomic E-state index is -0.801. The van der Waals surface area contributed by atoms with E-state index >= 15 is 0 Å². The molecule has 4 aliphatic heterocycles. The molecule has 8 rings (SSSR count). The number of nitrogens with zero attached hydrogens (tertiary/aromatic N) is 2. The van der Waals surface area contributed by atoms with Crippen molar-refractivity contribution in [3.8, 4) is 0 Å². The lowest BCUT2D eigenvalue weighted by Gasteiger charge is -2.41. The Morgan fingerprint density at radius 2 is 1.08 bits per heavy atom. The molecule has 14 nitrogen and oxygen atoms in total. The highest BCUT2D eigenvalue weighted by Gasteiger charge is 2.52. The normalized spacial score (nSPS) is 27.8. The molecule has 65 heavy (non-hydrogen) atoms. The number of ether oxygens (including phenoxy) is 2. The van der Waals surface area contributed by atoms with Crippen LogP contribution in [-0.4, -0.2) is 94.1 Å². The molecule has 6 amide bonds. The van der Waals surface area contributed by atoms with Gasteiger partial charge < -0.3 is 40.5 Å².